The molecule has 8 heteroatoms. The van der Waals surface area contributed by atoms with Crippen LogP contribution in [0, 0.1) is 5.41 Å². The van der Waals surface area contributed by atoms with Gasteiger partial charge in [0.05, 0.1) is 11.9 Å². The van der Waals surface area contributed by atoms with Crippen LogP contribution in [0.25, 0.3) is 0 Å². The Morgan fingerprint density at radius 2 is 1.80 bits per heavy atom. The van der Waals surface area contributed by atoms with Gasteiger partial charge < -0.3 is 25.2 Å². The molecule has 0 radical (unpaired) electrons. The molecule has 30 heavy (non-hydrogen) atoms. The van der Waals surface area contributed by atoms with E-state index in [1.807, 2.05) is 17.7 Å². The molecule has 1 saturated heterocycles. The van der Waals surface area contributed by atoms with Gasteiger partial charge in [0, 0.05) is 12.7 Å². The Morgan fingerprint density at radius 1 is 1.17 bits per heavy atom. The predicted octanol–water partition coefficient (Wildman–Crippen LogP) is 2.34. The highest BCUT2D eigenvalue weighted by Gasteiger charge is 2.32. The van der Waals surface area contributed by atoms with Crippen LogP contribution in [0.1, 0.15) is 67.2 Å². The number of likely N-dealkylation sites (tertiary alicyclic amines) is 1. The lowest BCUT2D eigenvalue weighted by Crippen LogP contribution is -2.50. The van der Waals surface area contributed by atoms with Crippen molar-refractivity contribution >= 4 is 17.6 Å². The van der Waals surface area contributed by atoms with Crippen molar-refractivity contribution < 1.29 is 14.7 Å². The molecule has 2 atom stereocenters. The van der Waals surface area contributed by atoms with Crippen molar-refractivity contribution in [1.29, 1.82) is 0 Å². The molecule has 2 unspecified atom stereocenters. The maximum atomic E-state index is 12.8. The fourth-order valence-electron chi connectivity index (χ4n) is 3.70. The molecule has 3 N–H and O–H groups in total. The van der Waals surface area contributed by atoms with Gasteiger partial charge in [-0.3, -0.25) is 9.59 Å². The van der Waals surface area contributed by atoms with Gasteiger partial charge in [-0.05, 0) is 51.6 Å². The lowest BCUT2D eigenvalue weighted by Gasteiger charge is -2.31. The summed E-state index contributed by atoms with van der Waals surface area (Å²) in [5, 5.41) is 15.7. The molecule has 0 saturated carbocycles. The zero-order chi connectivity index (χ0) is 22.5. The third kappa shape index (κ3) is 6.54. The van der Waals surface area contributed by atoms with Crippen LogP contribution in [0.5, 0.6) is 0 Å². The van der Waals surface area contributed by atoms with Crippen LogP contribution < -0.4 is 10.6 Å². The van der Waals surface area contributed by atoms with Crippen molar-refractivity contribution in [2.75, 3.05) is 25.0 Å². The molecule has 0 spiro atoms. The van der Waals surface area contributed by atoms with E-state index >= 15 is 0 Å². The standard InChI is InChI=1S/C22H39N5O3/c1-7-10-16(24-20(30)18(28)21(2,3)4)19(29)25-17-13-27(15-23-17)22(5,6)14-26-11-8-9-12-26/h13,15-16,18,28H,7-12,14H2,1-6H3,(H,24,30)(H,25,29). The number of amides is 2. The van der Waals surface area contributed by atoms with Crippen molar-refractivity contribution in [3.8, 4) is 0 Å². The van der Waals surface area contributed by atoms with Crippen LogP contribution in [-0.4, -0.2) is 63.2 Å². The van der Waals surface area contributed by atoms with Gasteiger partial charge in [0.15, 0.2) is 5.82 Å². The summed E-state index contributed by atoms with van der Waals surface area (Å²) in [7, 11) is 0. The van der Waals surface area contributed by atoms with Gasteiger partial charge in [-0.2, -0.15) is 0 Å². The number of nitrogens with one attached hydrogen (secondary N) is 2. The molecule has 0 aromatic carbocycles. The van der Waals surface area contributed by atoms with E-state index in [1.54, 1.807) is 27.1 Å². The van der Waals surface area contributed by atoms with Crippen LogP contribution in [0.2, 0.25) is 0 Å². The number of rotatable bonds is 9. The second-order valence-electron chi connectivity index (χ2n) is 10.1. The van der Waals surface area contributed by atoms with Crippen molar-refractivity contribution in [1.82, 2.24) is 19.8 Å². The van der Waals surface area contributed by atoms with Gasteiger partial charge in [-0.1, -0.05) is 34.1 Å². The Labute approximate surface area is 180 Å². The molecule has 1 fully saturated rings. The van der Waals surface area contributed by atoms with E-state index in [-0.39, 0.29) is 11.4 Å². The third-order valence-corrected chi connectivity index (χ3v) is 5.62. The number of hydrogen-bond donors (Lipinski definition) is 3. The SMILES string of the molecule is CCCC(NC(=O)C(O)C(C)(C)C)C(=O)Nc1cn(C(C)(C)CN2CCCC2)cn1. The molecular formula is C22H39N5O3. The van der Waals surface area contributed by atoms with E-state index < -0.39 is 23.5 Å². The van der Waals surface area contributed by atoms with Gasteiger partial charge in [0.1, 0.15) is 12.1 Å². The number of nitrogens with zero attached hydrogens (tertiary/aromatic N) is 3. The highest BCUT2D eigenvalue weighted by molar-refractivity contribution is 5.97. The van der Waals surface area contributed by atoms with Gasteiger partial charge >= 0.3 is 0 Å². The highest BCUT2D eigenvalue weighted by Crippen LogP contribution is 2.22. The minimum absolute atomic E-state index is 0.145. The molecule has 170 valence electrons. The molecule has 1 aromatic rings. The van der Waals surface area contributed by atoms with E-state index in [0.717, 1.165) is 26.1 Å². The van der Waals surface area contributed by atoms with Crippen LogP contribution in [0.3, 0.4) is 0 Å². The van der Waals surface area contributed by atoms with Gasteiger partial charge in [0.2, 0.25) is 11.8 Å². The smallest absolute Gasteiger partial charge is 0.250 e. The minimum atomic E-state index is -1.18. The molecule has 1 aromatic heterocycles. The molecule has 2 rings (SSSR count). The van der Waals surface area contributed by atoms with Crippen LogP contribution >= 0.6 is 0 Å². The Bertz CT molecular complexity index is 717. The van der Waals surface area contributed by atoms with Crippen molar-refractivity contribution in [2.24, 2.45) is 5.41 Å². The first-order valence-electron chi connectivity index (χ1n) is 11.0. The molecule has 0 bridgehead atoms. The average molecular weight is 422 g/mol. The van der Waals surface area contributed by atoms with Gasteiger partial charge in [-0.25, -0.2) is 4.98 Å². The molecular weight excluding hydrogens is 382 g/mol. The monoisotopic (exact) mass is 421 g/mol. The zero-order valence-electron chi connectivity index (χ0n) is 19.4. The quantitative estimate of drug-likeness (QED) is 0.568. The number of carbonyl (C=O) groups is 2. The fraction of sp³-hybridized carbons (Fsp3) is 0.773. The molecule has 1 aliphatic heterocycles. The fourth-order valence-corrected chi connectivity index (χ4v) is 3.70. The second-order valence-corrected chi connectivity index (χ2v) is 10.1. The molecule has 0 aliphatic carbocycles. The molecule has 1 aliphatic rings. The topological polar surface area (TPSA) is 99.5 Å². The maximum absolute atomic E-state index is 12.8. The Morgan fingerprint density at radius 3 is 2.37 bits per heavy atom. The van der Waals surface area contributed by atoms with Gasteiger partial charge in [0.25, 0.3) is 0 Å². The normalized spacial score (nSPS) is 17.6. The summed E-state index contributed by atoms with van der Waals surface area (Å²) < 4.78 is 2.03. The van der Waals surface area contributed by atoms with Crippen LogP contribution in [-0.2, 0) is 15.1 Å². The van der Waals surface area contributed by atoms with E-state index in [1.165, 1.54) is 12.8 Å². The van der Waals surface area contributed by atoms with E-state index in [0.29, 0.717) is 12.2 Å². The molecule has 2 heterocycles. The van der Waals surface area contributed by atoms with Crippen LogP contribution in [0.15, 0.2) is 12.5 Å². The third-order valence-electron chi connectivity index (χ3n) is 5.62. The summed E-state index contributed by atoms with van der Waals surface area (Å²) in [6.45, 7) is 14.8. The Hall–Kier alpha value is -1.93. The number of carbonyl (C=O) groups excluding carboxylic acids is 2. The average Bonchev–Trinajstić information content (AvgIpc) is 3.31. The van der Waals surface area contributed by atoms with Crippen molar-refractivity contribution in [2.45, 2.75) is 84.9 Å². The number of aliphatic hydroxyl groups is 1. The number of hydrogen-bond acceptors (Lipinski definition) is 5. The summed E-state index contributed by atoms with van der Waals surface area (Å²) in [4.78, 5) is 31.9. The molecule has 8 nitrogen and oxygen atoms in total. The first-order chi connectivity index (χ1) is 13.9. The lowest BCUT2D eigenvalue weighted by atomic mass is 9.88. The lowest BCUT2D eigenvalue weighted by molar-refractivity contribution is -0.137. The van der Waals surface area contributed by atoms with Crippen LogP contribution in [0.4, 0.5) is 5.82 Å². The Kier molecular flexibility index (Phi) is 8.05. The zero-order valence-corrected chi connectivity index (χ0v) is 19.4. The van der Waals surface area contributed by atoms with E-state index in [2.05, 4.69) is 34.4 Å². The van der Waals surface area contributed by atoms with Gasteiger partial charge in [-0.15, -0.1) is 0 Å². The van der Waals surface area contributed by atoms with Crippen molar-refractivity contribution in [3.05, 3.63) is 12.5 Å². The summed E-state index contributed by atoms with van der Waals surface area (Å²) >= 11 is 0. The summed E-state index contributed by atoms with van der Waals surface area (Å²) in [6.07, 6.45) is 6.09. The van der Waals surface area contributed by atoms with Crippen molar-refractivity contribution in [3.63, 3.8) is 0 Å². The number of aromatic nitrogens is 2. The number of anilines is 1. The second kappa shape index (κ2) is 9.92. The first kappa shape index (κ1) is 24.3. The first-order valence-corrected chi connectivity index (χ1v) is 11.0. The van der Waals surface area contributed by atoms with E-state index in [4.69, 9.17) is 0 Å². The predicted molar refractivity (Wildman–Crippen MR) is 118 cm³/mol. The molecule has 2 amide bonds. The van der Waals surface area contributed by atoms with E-state index in [9.17, 15) is 14.7 Å². The number of imidazole rings is 1. The summed E-state index contributed by atoms with van der Waals surface area (Å²) in [5.74, 6) is -0.400. The summed E-state index contributed by atoms with van der Waals surface area (Å²) in [6, 6.07) is -0.720. The maximum Gasteiger partial charge on any atom is 0.250 e. The number of aliphatic hydroxyl groups excluding tert-OH is 1. The largest absolute Gasteiger partial charge is 0.383 e. The minimum Gasteiger partial charge on any atom is -0.383 e. The Balaban J connectivity index is 2.01. The summed E-state index contributed by atoms with van der Waals surface area (Å²) in [5.41, 5.74) is -0.745. The highest BCUT2D eigenvalue weighted by atomic mass is 16.3.